The normalized spacial score (nSPS) is 12.8. The Morgan fingerprint density at radius 2 is 2.10 bits per heavy atom. The minimum atomic E-state index is -0.578. The highest BCUT2D eigenvalue weighted by Crippen LogP contribution is 2.24. The lowest BCUT2D eigenvalue weighted by atomic mass is 9.89. The van der Waals surface area contributed by atoms with Crippen molar-refractivity contribution in [3.8, 4) is 5.75 Å². The number of para-hydroxylation sites is 1. The molecule has 0 aliphatic rings. The molecule has 0 saturated carbocycles. The summed E-state index contributed by atoms with van der Waals surface area (Å²) in [4.78, 5) is 12.0. The zero-order valence-corrected chi connectivity index (χ0v) is 12.6. The Bertz CT molecular complexity index is 467. The summed E-state index contributed by atoms with van der Waals surface area (Å²) in [6.45, 7) is 6.32. The molecule has 20 heavy (non-hydrogen) atoms. The smallest absolute Gasteiger partial charge is 0.253 e. The lowest BCUT2D eigenvalue weighted by Gasteiger charge is -2.22. The first-order valence-corrected chi connectivity index (χ1v) is 6.63. The summed E-state index contributed by atoms with van der Waals surface area (Å²) >= 11 is 0. The van der Waals surface area contributed by atoms with Gasteiger partial charge in [0.2, 0.25) is 0 Å². The van der Waals surface area contributed by atoms with Crippen molar-refractivity contribution in [3.63, 3.8) is 0 Å². The number of carbonyl (C=O) groups excluding carboxylic acids is 1. The second-order valence-electron chi connectivity index (χ2n) is 6.05. The number of aliphatic hydroxyl groups excluding tert-OH is 1. The average molecular weight is 280 g/mol. The van der Waals surface area contributed by atoms with Crippen LogP contribution in [0.15, 0.2) is 18.2 Å². The molecule has 0 saturated heterocycles. The van der Waals surface area contributed by atoms with Gasteiger partial charge in [0.25, 0.3) is 5.91 Å². The Morgan fingerprint density at radius 1 is 1.45 bits per heavy atom. The predicted molar refractivity (Wildman–Crippen MR) is 79.8 cm³/mol. The van der Waals surface area contributed by atoms with Crippen molar-refractivity contribution in [1.82, 2.24) is 5.32 Å². The number of amides is 1. The van der Waals surface area contributed by atoms with Crippen molar-refractivity contribution >= 4 is 11.6 Å². The van der Waals surface area contributed by atoms with Gasteiger partial charge in [-0.25, -0.2) is 0 Å². The molecule has 1 rings (SSSR count). The van der Waals surface area contributed by atoms with Gasteiger partial charge in [-0.15, -0.1) is 0 Å². The van der Waals surface area contributed by atoms with Gasteiger partial charge < -0.3 is 20.9 Å². The van der Waals surface area contributed by atoms with Crippen molar-refractivity contribution in [1.29, 1.82) is 0 Å². The molecule has 0 aromatic heterocycles. The molecular formula is C15H24N2O3. The number of nitrogen functional groups attached to an aromatic ring is 1. The van der Waals surface area contributed by atoms with Gasteiger partial charge in [-0.3, -0.25) is 4.79 Å². The van der Waals surface area contributed by atoms with E-state index in [4.69, 9.17) is 10.5 Å². The third-order valence-corrected chi connectivity index (χ3v) is 2.88. The maximum absolute atomic E-state index is 12.0. The number of hydrogen-bond acceptors (Lipinski definition) is 4. The highest BCUT2D eigenvalue weighted by Gasteiger charge is 2.18. The van der Waals surface area contributed by atoms with E-state index in [-0.39, 0.29) is 17.9 Å². The predicted octanol–water partition coefficient (Wildman–Crippen LogP) is 1.80. The highest BCUT2D eigenvalue weighted by atomic mass is 16.5. The number of benzene rings is 1. The molecule has 1 atom stereocenters. The Balaban J connectivity index is 2.64. The molecule has 0 fully saturated rings. The van der Waals surface area contributed by atoms with Crippen molar-refractivity contribution in [2.75, 3.05) is 19.4 Å². The minimum absolute atomic E-state index is 0.0130. The Morgan fingerprint density at radius 3 is 2.65 bits per heavy atom. The van der Waals surface area contributed by atoms with Crippen molar-refractivity contribution in [2.45, 2.75) is 33.3 Å². The monoisotopic (exact) mass is 280 g/mol. The zero-order chi connectivity index (χ0) is 15.3. The number of rotatable bonds is 5. The fourth-order valence-corrected chi connectivity index (χ4v) is 2.00. The molecule has 0 heterocycles. The Labute approximate surface area is 120 Å². The fraction of sp³-hybridized carbons (Fsp3) is 0.533. The van der Waals surface area contributed by atoms with E-state index in [0.717, 1.165) is 0 Å². The zero-order valence-electron chi connectivity index (χ0n) is 12.6. The van der Waals surface area contributed by atoms with Gasteiger partial charge in [-0.1, -0.05) is 26.8 Å². The van der Waals surface area contributed by atoms with Gasteiger partial charge >= 0.3 is 0 Å². The SMILES string of the molecule is COc1cccc(C(=O)NCC(O)CC(C)(C)C)c1N. The van der Waals surface area contributed by atoms with Crippen LogP contribution >= 0.6 is 0 Å². The van der Waals surface area contributed by atoms with E-state index >= 15 is 0 Å². The summed E-state index contributed by atoms with van der Waals surface area (Å²) in [6.07, 6.45) is 0.0340. The first-order valence-electron chi connectivity index (χ1n) is 6.63. The van der Waals surface area contributed by atoms with Crippen LogP contribution < -0.4 is 15.8 Å². The summed E-state index contributed by atoms with van der Waals surface area (Å²) in [5.74, 6) is 0.155. The lowest BCUT2D eigenvalue weighted by Crippen LogP contribution is -2.34. The molecule has 0 aliphatic heterocycles. The number of anilines is 1. The molecule has 5 nitrogen and oxygen atoms in total. The summed E-state index contributed by atoms with van der Waals surface area (Å²) in [6, 6.07) is 5.03. The fourth-order valence-electron chi connectivity index (χ4n) is 2.00. The summed E-state index contributed by atoms with van der Waals surface area (Å²) in [7, 11) is 1.50. The Hall–Kier alpha value is -1.75. The highest BCUT2D eigenvalue weighted by molar-refractivity contribution is 6.00. The van der Waals surface area contributed by atoms with Crippen LogP contribution in [0.5, 0.6) is 5.75 Å². The van der Waals surface area contributed by atoms with Crippen molar-refractivity contribution in [2.24, 2.45) is 5.41 Å². The number of nitrogens with two attached hydrogens (primary N) is 1. The van der Waals surface area contributed by atoms with Crippen LogP contribution in [-0.4, -0.2) is 30.8 Å². The first kappa shape index (κ1) is 16.3. The maximum Gasteiger partial charge on any atom is 0.253 e. The van der Waals surface area contributed by atoms with Gasteiger partial charge in [0.15, 0.2) is 0 Å². The number of carbonyl (C=O) groups is 1. The third-order valence-electron chi connectivity index (χ3n) is 2.88. The molecule has 0 radical (unpaired) electrons. The van der Waals surface area contributed by atoms with E-state index < -0.39 is 6.10 Å². The van der Waals surface area contributed by atoms with Gasteiger partial charge in [-0.2, -0.15) is 0 Å². The second-order valence-corrected chi connectivity index (χ2v) is 6.05. The minimum Gasteiger partial charge on any atom is -0.495 e. The van der Waals surface area contributed by atoms with E-state index in [2.05, 4.69) is 5.32 Å². The van der Waals surface area contributed by atoms with Gasteiger partial charge in [-0.05, 0) is 24.0 Å². The van der Waals surface area contributed by atoms with Gasteiger partial charge in [0.1, 0.15) is 5.75 Å². The van der Waals surface area contributed by atoms with Crippen molar-refractivity contribution in [3.05, 3.63) is 23.8 Å². The molecule has 0 bridgehead atoms. The van der Waals surface area contributed by atoms with Crippen LogP contribution in [0, 0.1) is 5.41 Å². The number of aliphatic hydroxyl groups is 1. The van der Waals surface area contributed by atoms with Crippen LogP contribution in [-0.2, 0) is 0 Å². The molecule has 0 aliphatic carbocycles. The number of methoxy groups -OCH3 is 1. The molecule has 1 unspecified atom stereocenters. The lowest BCUT2D eigenvalue weighted by molar-refractivity contribution is 0.0869. The van der Waals surface area contributed by atoms with E-state index in [1.165, 1.54) is 7.11 Å². The molecule has 1 aromatic rings. The topological polar surface area (TPSA) is 84.6 Å². The van der Waals surface area contributed by atoms with Crippen LogP contribution in [0.25, 0.3) is 0 Å². The van der Waals surface area contributed by atoms with E-state index in [1.54, 1.807) is 18.2 Å². The van der Waals surface area contributed by atoms with Crippen LogP contribution in [0.4, 0.5) is 5.69 Å². The van der Waals surface area contributed by atoms with Gasteiger partial charge in [0, 0.05) is 6.54 Å². The molecule has 4 N–H and O–H groups in total. The largest absolute Gasteiger partial charge is 0.495 e. The molecule has 1 amide bonds. The van der Waals surface area contributed by atoms with E-state index in [1.807, 2.05) is 20.8 Å². The quantitative estimate of drug-likeness (QED) is 0.718. The molecule has 0 spiro atoms. The average Bonchev–Trinajstić information content (AvgIpc) is 2.34. The summed E-state index contributed by atoms with van der Waals surface area (Å²) in [5, 5.41) is 12.6. The molecule has 112 valence electrons. The maximum atomic E-state index is 12.0. The number of ether oxygens (including phenoxy) is 1. The third kappa shape index (κ3) is 4.74. The molecule has 1 aromatic carbocycles. The van der Waals surface area contributed by atoms with Crippen LogP contribution in [0.3, 0.4) is 0 Å². The Kier molecular flexibility index (Phi) is 5.39. The van der Waals surface area contributed by atoms with Crippen LogP contribution in [0.1, 0.15) is 37.6 Å². The van der Waals surface area contributed by atoms with E-state index in [0.29, 0.717) is 23.4 Å². The number of hydrogen-bond donors (Lipinski definition) is 3. The summed E-state index contributed by atoms with van der Waals surface area (Å²) < 4.78 is 5.07. The molecule has 5 heteroatoms. The summed E-state index contributed by atoms with van der Waals surface area (Å²) in [5.41, 5.74) is 6.53. The standard InChI is InChI=1S/C15H24N2O3/c1-15(2,3)8-10(18)9-17-14(19)11-6-5-7-12(20-4)13(11)16/h5-7,10,18H,8-9,16H2,1-4H3,(H,17,19). The van der Waals surface area contributed by atoms with Crippen molar-refractivity contribution < 1.29 is 14.6 Å². The molecular weight excluding hydrogens is 256 g/mol. The van der Waals surface area contributed by atoms with Gasteiger partial charge in [0.05, 0.1) is 24.5 Å². The second kappa shape index (κ2) is 6.61. The van der Waals surface area contributed by atoms with Crippen LogP contribution in [0.2, 0.25) is 0 Å². The van der Waals surface area contributed by atoms with E-state index in [9.17, 15) is 9.90 Å². The first-order chi connectivity index (χ1) is 9.24. The number of nitrogens with one attached hydrogen (secondary N) is 1.